The molecule has 0 atom stereocenters. The molecular formula is C17H20N6O2. The lowest BCUT2D eigenvalue weighted by atomic mass is 10.3. The summed E-state index contributed by atoms with van der Waals surface area (Å²) < 4.78 is 5.75. The second kappa shape index (κ2) is 6.94. The summed E-state index contributed by atoms with van der Waals surface area (Å²) in [7, 11) is 0. The minimum atomic E-state index is -0.160. The second-order valence-corrected chi connectivity index (χ2v) is 6.01. The van der Waals surface area contributed by atoms with E-state index in [1.807, 2.05) is 30.3 Å². The van der Waals surface area contributed by atoms with E-state index in [1.165, 1.54) is 6.20 Å². The number of nitrogens with zero attached hydrogens (tertiary/aromatic N) is 4. The lowest BCUT2D eigenvalue weighted by Gasteiger charge is -2.34. The highest BCUT2D eigenvalue weighted by Crippen LogP contribution is 2.13. The van der Waals surface area contributed by atoms with Gasteiger partial charge in [-0.25, -0.2) is 0 Å². The molecule has 1 aliphatic rings. The molecule has 130 valence electrons. The number of aromatic amines is 2. The van der Waals surface area contributed by atoms with Gasteiger partial charge in [0, 0.05) is 32.7 Å². The third-order valence-electron chi connectivity index (χ3n) is 4.40. The summed E-state index contributed by atoms with van der Waals surface area (Å²) in [5, 5.41) is 7.11. The molecule has 8 nitrogen and oxygen atoms in total. The van der Waals surface area contributed by atoms with Crippen molar-refractivity contribution in [2.45, 2.75) is 0 Å². The highest BCUT2D eigenvalue weighted by Gasteiger charge is 2.19. The summed E-state index contributed by atoms with van der Waals surface area (Å²) in [4.78, 5) is 23.8. The number of benzene rings is 1. The zero-order chi connectivity index (χ0) is 17.1. The first-order valence-electron chi connectivity index (χ1n) is 8.38. The first-order chi connectivity index (χ1) is 12.3. The van der Waals surface area contributed by atoms with Crippen molar-refractivity contribution in [1.82, 2.24) is 25.1 Å². The Morgan fingerprint density at radius 2 is 1.92 bits per heavy atom. The van der Waals surface area contributed by atoms with Crippen LogP contribution in [0.4, 0.5) is 5.95 Å². The summed E-state index contributed by atoms with van der Waals surface area (Å²) in [5.41, 5.74) is 0.366. The van der Waals surface area contributed by atoms with Crippen molar-refractivity contribution in [1.29, 1.82) is 0 Å². The van der Waals surface area contributed by atoms with E-state index in [0.29, 0.717) is 23.6 Å². The third kappa shape index (κ3) is 3.48. The molecule has 25 heavy (non-hydrogen) atoms. The molecule has 3 aromatic rings. The molecule has 1 saturated heterocycles. The zero-order valence-corrected chi connectivity index (χ0v) is 13.8. The Labute approximate surface area is 144 Å². The van der Waals surface area contributed by atoms with E-state index in [9.17, 15) is 4.79 Å². The van der Waals surface area contributed by atoms with E-state index in [0.717, 1.165) is 38.5 Å². The standard InChI is InChI=1S/C17H20N6O2/c24-16-14-12-18-21-15(14)19-17(20-16)23-8-6-22(7-9-23)10-11-25-13-4-2-1-3-5-13/h1-5,12H,6-11H2,(H2,18,19,20,21,24). The molecule has 1 aromatic carbocycles. The normalized spacial score (nSPS) is 15.6. The number of nitrogens with one attached hydrogen (secondary N) is 2. The molecule has 1 aliphatic heterocycles. The van der Waals surface area contributed by atoms with E-state index in [2.05, 4.69) is 30.0 Å². The van der Waals surface area contributed by atoms with Crippen LogP contribution in [0.5, 0.6) is 5.75 Å². The third-order valence-corrected chi connectivity index (χ3v) is 4.40. The van der Waals surface area contributed by atoms with E-state index in [4.69, 9.17) is 4.74 Å². The molecule has 0 spiro atoms. The smallest absolute Gasteiger partial charge is 0.263 e. The van der Waals surface area contributed by atoms with Crippen LogP contribution in [0.2, 0.25) is 0 Å². The summed E-state index contributed by atoms with van der Waals surface area (Å²) in [6, 6.07) is 9.85. The number of H-pyrrole nitrogens is 2. The number of anilines is 1. The summed E-state index contributed by atoms with van der Waals surface area (Å²) in [6.45, 7) is 4.99. The largest absolute Gasteiger partial charge is 0.492 e. The van der Waals surface area contributed by atoms with Crippen LogP contribution < -0.4 is 15.2 Å². The van der Waals surface area contributed by atoms with Gasteiger partial charge >= 0.3 is 0 Å². The van der Waals surface area contributed by atoms with E-state index in [1.54, 1.807) is 0 Å². The number of hydrogen-bond donors (Lipinski definition) is 2. The maximum Gasteiger partial charge on any atom is 0.263 e. The Morgan fingerprint density at radius 1 is 1.12 bits per heavy atom. The van der Waals surface area contributed by atoms with Gasteiger partial charge in [0.1, 0.15) is 17.7 Å². The predicted molar refractivity (Wildman–Crippen MR) is 95.1 cm³/mol. The van der Waals surface area contributed by atoms with Crippen LogP contribution in [0, 0.1) is 0 Å². The van der Waals surface area contributed by atoms with Crippen LogP contribution in [0.25, 0.3) is 11.0 Å². The van der Waals surface area contributed by atoms with Crippen molar-refractivity contribution in [3.05, 3.63) is 46.9 Å². The summed E-state index contributed by atoms with van der Waals surface area (Å²) in [5.74, 6) is 1.50. The SMILES string of the molecule is O=c1[nH]c(N2CCN(CCOc3ccccc3)CC2)nc2[nH]ncc12. The van der Waals surface area contributed by atoms with E-state index < -0.39 is 0 Å². The van der Waals surface area contributed by atoms with Crippen molar-refractivity contribution in [3.63, 3.8) is 0 Å². The monoisotopic (exact) mass is 340 g/mol. The van der Waals surface area contributed by atoms with Crippen LogP contribution in [0.3, 0.4) is 0 Å². The Bertz CT molecular complexity index is 883. The molecule has 0 unspecified atom stereocenters. The first kappa shape index (κ1) is 15.6. The first-order valence-corrected chi connectivity index (χ1v) is 8.38. The molecule has 0 saturated carbocycles. The topological polar surface area (TPSA) is 90.1 Å². The van der Waals surface area contributed by atoms with Gasteiger partial charge in [-0.05, 0) is 12.1 Å². The number of ether oxygens (including phenoxy) is 1. The molecule has 3 heterocycles. The quantitative estimate of drug-likeness (QED) is 0.716. The van der Waals surface area contributed by atoms with Crippen molar-refractivity contribution >= 4 is 17.0 Å². The highest BCUT2D eigenvalue weighted by atomic mass is 16.5. The van der Waals surface area contributed by atoms with Gasteiger partial charge in [-0.1, -0.05) is 18.2 Å². The van der Waals surface area contributed by atoms with Crippen molar-refractivity contribution < 1.29 is 4.74 Å². The summed E-state index contributed by atoms with van der Waals surface area (Å²) >= 11 is 0. The Morgan fingerprint density at radius 3 is 2.72 bits per heavy atom. The molecule has 0 amide bonds. The van der Waals surface area contributed by atoms with Crippen LogP contribution in [0.15, 0.2) is 41.3 Å². The van der Waals surface area contributed by atoms with Crippen LogP contribution in [-0.4, -0.2) is 64.4 Å². The Balaban J connectivity index is 1.31. The molecular weight excluding hydrogens is 320 g/mol. The van der Waals surface area contributed by atoms with Gasteiger partial charge in [0.2, 0.25) is 5.95 Å². The lowest BCUT2D eigenvalue weighted by Crippen LogP contribution is -2.48. The van der Waals surface area contributed by atoms with Crippen LogP contribution in [-0.2, 0) is 0 Å². The van der Waals surface area contributed by atoms with Gasteiger partial charge in [-0.15, -0.1) is 0 Å². The molecule has 0 aliphatic carbocycles. The number of piperazine rings is 1. The van der Waals surface area contributed by atoms with Gasteiger partial charge < -0.3 is 9.64 Å². The number of aromatic nitrogens is 4. The average Bonchev–Trinajstić information content (AvgIpc) is 3.12. The maximum atomic E-state index is 12.0. The fraction of sp³-hybridized carbons (Fsp3) is 0.353. The fourth-order valence-corrected chi connectivity index (χ4v) is 2.98. The van der Waals surface area contributed by atoms with Gasteiger partial charge in [0.15, 0.2) is 5.65 Å². The van der Waals surface area contributed by atoms with Gasteiger partial charge in [0.25, 0.3) is 5.56 Å². The minimum Gasteiger partial charge on any atom is -0.492 e. The van der Waals surface area contributed by atoms with Crippen molar-refractivity contribution in [3.8, 4) is 5.75 Å². The Hall–Kier alpha value is -2.87. The average molecular weight is 340 g/mol. The van der Waals surface area contributed by atoms with Crippen molar-refractivity contribution in [2.75, 3.05) is 44.2 Å². The van der Waals surface area contributed by atoms with E-state index in [-0.39, 0.29) is 5.56 Å². The van der Waals surface area contributed by atoms with Crippen LogP contribution in [0.1, 0.15) is 0 Å². The second-order valence-electron chi connectivity index (χ2n) is 6.01. The highest BCUT2D eigenvalue weighted by molar-refractivity contribution is 5.73. The molecule has 4 rings (SSSR count). The van der Waals surface area contributed by atoms with Gasteiger partial charge in [-0.3, -0.25) is 19.8 Å². The molecule has 1 fully saturated rings. The zero-order valence-electron chi connectivity index (χ0n) is 13.8. The lowest BCUT2D eigenvalue weighted by molar-refractivity contribution is 0.200. The molecule has 0 radical (unpaired) electrons. The molecule has 8 heteroatoms. The summed E-state index contributed by atoms with van der Waals surface area (Å²) in [6.07, 6.45) is 1.50. The number of hydrogen-bond acceptors (Lipinski definition) is 6. The molecule has 0 bridgehead atoms. The molecule has 2 aromatic heterocycles. The van der Waals surface area contributed by atoms with Gasteiger partial charge in [-0.2, -0.15) is 10.1 Å². The fourth-order valence-electron chi connectivity index (χ4n) is 2.98. The predicted octanol–water partition coefficient (Wildman–Crippen LogP) is 0.847. The maximum absolute atomic E-state index is 12.0. The van der Waals surface area contributed by atoms with Crippen LogP contribution >= 0.6 is 0 Å². The van der Waals surface area contributed by atoms with E-state index >= 15 is 0 Å². The van der Waals surface area contributed by atoms with Crippen molar-refractivity contribution in [2.24, 2.45) is 0 Å². The number of rotatable bonds is 5. The Kier molecular flexibility index (Phi) is 4.34. The number of para-hydroxylation sites is 1. The minimum absolute atomic E-state index is 0.160. The number of fused-ring (bicyclic) bond motifs is 1. The molecule has 2 N–H and O–H groups in total. The van der Waals surface area contributed by atoms with Gasteiger partial charge in [0.05, 0.1) is 6.20 Å².